The molecule has 5 heteroatoms. The van der Waals surface area contributed by atoms with Crippen molar-refractivity contribution in [3.8, 4) is 0 Å². The van der Waals surface area contributed by atoms with Crippen LogP contribution in [0.5, 0.6) is 0 Å². The van der Waals surface area contributed by atoms with Crippen LogP contribution in [0.1, 0.15) is 25.7 Å². The second-order valence-electron chi connectivity index (χ2n) is 4.44. The summed E-state index contributed by atoms with van der Waals surface area (Å²) in [6, 6.07) is 0.582. The fraction of sp³-hybridized carbons (Fsp3) is 0.778. The Morgan fingerprint density at radius 3 is 2.71 bits per heavy atom. The number of anilines is 2. The molecule has 0 unspecified atom stereocenters. The third kappa shape index (κ3) is 1.32. The molecule has 0 atom stereocenters. The van der Waals surface area contributed by atoms with E-state index in [9.17, 15) is 0 Å². The molecule has 0 saturated heterocycles. The largest absolute Gasteiger partial charge is 0.390 e. The third-order valence-corrected chi connectivity index (χ3v) is 3.37. The Morgan fingerprint density at radius 1 is 1.43 bits per heavy atom. The summed E-state index contributed by atoms with van der Waals surface area (Å²) >= 11 is 0. The van der Waals surface area contributed by atoms with Crippen molar-refractivity contribution in [1.29, 1.82) is 0 Å². The highest BCUT2D eigenvalue weighted by molar-refractivity contribution is 5.24. The van der Waals surface area contributed by atoms with Crippen LogP contribution < -0.4 is 11.1 Å². The van der Waals surface area contributed by atoms with Gasteiger partial charge in [0.05, 0.1) is 0 Å². The Bertz CT molecular complexity index is 340. The standard InChI is InChI=1S/C9H14N4O/c10-7-12-13-8(14-7)11-5-9(3-4-9)6-1-2-6/h6H,1-5H2,(H2,10,12)(H,11,13). The monoisotopic (exact) mass is 194 g/mol. The fourth-order valence-electron chi connectivity index (χ4n) is 2.14. The van der Waals surface area contributed by atoms with E-state index in [0.717, 1.165) is 12.5 Å². The number of hydrogen-bond donors (Lipinski definition) is 2. The van der Waals surface area contributed by atoms with Crippen LogP contribution in [-0.4, -0.2) is 16.7 Å². The quantitative estimate of drug-likeness (QED) is 0.754. The molecule has 1 aromatic heterocycles. The first-order valence-electron chi connectivity index (χ1n) is 5.11. The lowest BCUT2D eigenvalue weighted by atomic mass is 10.0. The van der Waals surface area contributed by atoms with Crippen LogP contribution in [-0.2, 0) is 0 Å². The maximum Gasteiger partial charge on any atom is 0.316 e. The minimum atomic E-state index is 0.128. The molecule has 0 bridgehead atoms. The summed E-state index contributed by atoms with van der Waals surface area (Å²) in [5, 5.41) is 10.5. The molecule has 0 spiro atoms. The van der Waals surface area contributed by atoms with Gasteiger partial charge in [-0.1, -0.05) is 10.2 Å². The van der Waals surface area contributed by atoms with E-state index in [1.807, 2.05) is 0 Å². The topological polar surface area (TPSA) is 77.0 Å². The van der Waals surface area contributed by atoms with Gasteiger partial charge in [0.25, 0.3) is 0 Å². The van der Waals surface area contributed by atoms with Gasteiger partial charge in [-0.25, -0.2) is 0 Å². The van der Waals surface area contributed by atoms with Gasteiger partial charge in [0.2, 0.25) is 0 Å². The zero-order valence-corrected chi connectivity index (χ0v) is 7.99. The Labute approximate surface area is 82.1 Å². The Kier molecular flexibility index (Phi) is 1.51. The summed E-state index contributed by atoms with van der Waals surface area (Å²) in [5.74, 6) is 0.940. The second-order valence-corrected chi connectivity index (χ2v) is 4.44. The van der Waals surface area contributed by atoms with Crippen LogP contribution in [0.15, 0.2) is 4.42 Å². The molecule has 0 aromatic carbocycles. The van der Waals surface area contributed by atoms with Crippen LogP contribution >= 0.6 is 0 Å². The van der Waals surface area contributed by atoms with Gasteiger partial charge in [0.15, 0.2) is 0 Å². The van der Waals surface area contributed by atoms with E-state index >= 15 is 0 Å². The SMILES string of the molecule is Nc1nnc(NCC2(C3CC3)CC2)o1. The molecule has 76 valence electrons. The summed E-state index contributed by atoms with van der Waals surface area (Å²) in [7, 11) is 0. The number of nitrogens with two attached hydrogens (primary N) is 1. The Morgan fingerprint density at radius 2 is 2.21 bits per heavy atom. The van der Waals surface area contributed by atoms with Crippen LogP contribution in [0.4, 0.5) is 12.0 Å². The molecule has 1 heterocycles. The van der Waals surface area contributed by atoms with E-state index in [-0.39, 0.29) is 6.01 Å². The van der Waals surface area contributed by atoms with E-state index in [1.165, 1.54) is 25.7 Å². The Balaban J connectivity index is 1.59. The van der Waals surface area contributed by atoms with Crippen molar-refractivity contribution in [3.05, 3.63) is 0 Å². The van der Waals surface area contributed by atoms with Crippen molar-refractivity contribution < 1.29 is 4.42 Å². The average Bonchev–Trinajstić information content (AvgIpc) is 3.03. The molecule has 14 heavy (non-hydrogen) atoms. The lowest BCUT2D eigenvalue weighted by Gasteiger charge is -2.12. The third-order valence-electron chi connectivity index (χ3n) is 3.37. The highest BCUT2D eigenvalue weighted by Gasteiger charge is 2.53. The van der Waals surface area contributed by atoms with E-state index < -0.39 is 0 Å². The van der Waals surface area contributed by atoms with Crippen LogP contribution in [0.2, 0.25) is 0 Å². The van der Waals surface area contributed by atoms with E-state index in [4.69, 9.17) is 10.2 Å². The van der Waals surface area contributed by atoms with Gasteiger partial charge < -0.3 is 15.5 Å². The number of nitrogen functional groups attached to an aromatic ring is 1. The van der Waals surface area contributed by atoms with Gasteiger partial charge in [-0.15, -0.1) is 0 Å². The Hall–Kier alpha value is -1.26. The maximum absolute atomic E-state index is 5.33. The molecule has 2 saturated carbocycles. The van der Waals surface area contributed by atoms with E-state index in [2.05, 4.69) is 15.5 Å². The molecule has 3 rings (SSSR count). The summed E-state index contributed by atoms with van der Waals surface area (Å²) in [5.41, 5.74) is 5.87. The molecular formula is C9H14N4O. The first-order valence-corrected chi connectivity index (χ1v) is 5.11. The summed E-state index contributed by atoms with van der Waals surface area (Å²) < 4.78 is 5.05. The van der Waals surface area contributed by atoms with Gasteiger partial charge in [-0.2, -0.15) is 0 Å². The van der Waals surface area contributed by atoms with Crippen molar-refractivity contribution in [2.24, 2.45) is 11.3 Å². The molecule has 0 aliphatic heterocycles. The smallest absolute Gasteiger partial charge is 0.316 e. The lowest BCUT2D eigenvalue weighted by Crippen LogP contribution is -2.17. The number of hydrogen-bond acceptors (Lipinski definition) is 5. The summed E-state index contributed by atoms with van der Waals surface area (Å²) in [6.45, 7) is 0.958. The minimum Gasteiger partial charge on any atom is -0.390 e. The van der Waals surface area contributed by atoms with Crippen LogP contribution in [0.25, 0.3) is 0 Å². The molecule has 2 aliphatic rings. The average molecular weight is 194 g/mol. The van der Waals surface area contributed by atoms with Crippen molar-refractivity contribution in [3.63, 3.8) is 0 Å². The normalized spacial score (nSPS) is 23.4. The van der Waals surface area contributed by atoms with Gasteiger partial charge in [-0.3, -0.25) is 0 Å². The summed E-state index contributed by atoms with van der Waals surface area (Å²) in [6.07, 6.45) is 5.48. The summed E-state index contributed by atoms with van der Waals surface area (Å²) in [4.78, 5) is 0. The van der Waals surface area contributed by atoms with Crippen molar-refractivity contribution in [1.82, 2.24) is 10.2 Å². The molecule has 0 radical (unpaired) electrons. The predicted molar refractivity (Wildman–Crippen MR) is 51.6 cm³/mol. The molecule has 1 aromatic rings. The van der Waals surface area contributed by atoms with Crippen molar-refractivity contribution in [2.75, 3.05) is 17.6 Å². The van der Waals surface area contributed by atoms with Crippen molar-refractivity contribution in [2.45, 2.75) is 25.7 Å². The molecule has 2 fully saturated rings. The van der Waals surface area contributed by atoms with Gasteiger partial charge in [-0.05, 0) is 37.0 Å². The van der Waals surface area contributed by atoms with Crippen LogP contribution in [0, 0.1) is 11.3 Å². The molecule has 3 N–H and O–H groups in total. The highest BCUT2D eigenvalue weighted by atomic mass is 16.4. The van der Waals surface area contributed by atoms with Gasteiger partial charge in [0, 0.05) is 6.54 Å². The molecule has 5 nitrogen and oxygen atoms in total. The zero-order chi connectivity index (χ0) is 9.60. The number of rotatable bonds is 4. The number of nitrogens with zero attached hydrogens (tertiary/aromatic N) is 2. The van der Waals surface area contributed by atoms with E-state index in [0.29, 0.717) is 11.4 Å². The zero-order valence-electron chi connectivity index (χ0n) is 7.99. The number of aromatic nitrogens is 2. The van der Waals surface area contributed by atoms with Crippen LogP contribution in [0.3, 0.4) is 0 Å². The second kappa shape index (κ2) is 2.62. The first kappa shape index (κ1) is 8.08. The minimum absolute atomic E-state index is 0.128. The lowest BCUT2D eigenvalue weighted by molar-refractivity contribution is 0.457. The number of nitrogens with one attached hydrogen (secondary N) is 1. The predicted octanol–water partition coefficient (Wildman–Crippen LogP) is 1.25. The molecule has 0 amide bonds. The molecular weight excluding hydrogens is 180 g/mol. The highest BCUT2D eigenvalue weighted by Crippen LogP contribution is 2.61. The van der Waals surface area contributed by atoms with Gasteiger partial charge in [0.1, 0.15) is 0 Å². The van der Waals surface area contributed by atoms with Crippen molar-refractivity contribution >= 4 is 12.0 Å². The molecule has 2 aliphatic carbocycles. The first-order chi connectivity index (χ1) is 6.78. The van der Waals surface area contributed by atoms with E-state index in [1.54, 1.807) is 0 Å². The van der Waals surface area contributed by atoms with Gasteiger partial charge >= 0.3 is 12.0 Å². The fourth-order valence-corrected chi connectivity index (χ4v) is 2.14. The maximum atomic E-state index is 5.33.